The van der Waals surface area contributed by atoms with Gasteiger partial charge in [-0.2, -0.15) is 0 Å². The Morgan fingerprint density at radius 1 is 1.10 bits per heavy atom. The van der Waals surface area contributed by atoms with Crippen LogP contribution in [-0.4, -0.2) is 59.3 Å². The highest BCUT2D eigenvalue weighted by Gasteiger charge is 2.33. The molecule has 1 saturated heterocycles. The van der Waals surface area contributed by atoms with Crippen LogP contribution >= 0.6 is 0 Å². The van der Waals surface area contributed by atoms with Gasteiger partial charge in [0.25, 0.3) is 0 Å². The standard InChI is InChI=1S/C22H35N5O2/c1-16(28)26(4)15-18-14-20(25(2)3)24-22(23-18)19-10-7-13-27(19)21(29)12-11-17-8-5-6-9-17/h14,17,19H,5-13,15H2,1-4H3/t19-/m1/s1. The van der Waals surface area contributed by atoms with Gasteiger partial charge in [0.15, 0.2) is 5.82 Å². The van der Waals surface area contributed by atoms with Crippen molar-refractivity contribution >= 4 is 17.6 Å². The lowest BCUT2D eigenvalue weighted by Crippen LogP contribution is -2.32. The molecule has 2 heterocycles. The summed E-state index contributed by atoms with van der Waals surface area (Å²) in [7, 11) is 5.67. The van der Waals surface area contributed by atoms with E-state index in [1.54, 1.807) is 18.9 Å². The van der Waals surface area contributed by atoms with Crippen LogP contribution in [0, 0.1) is 5.92 Å². The van der Waals surface area contributed by atoms with Crippen molar-refractivity contribution in [3.8, 4) is 0 Å². The molecule has 7 heteroatoms. The summed E-state index contributed by atoms with van der Waals surface area (Å²) in [5.41, 5.74) is 0.807. The summed E-state index contributed by atoms with van der Waals surface area (Å²) < 4.78 is 0. The Balaban J connectivity index is 1.76. The molecule has 2 fully saturated rings. The van der Waals surface area contributed by atoms with Crippen LogP contribution < -0.4 is 4.90 Å². The molecule has 1 aliphatic heterocycles. The average molecular weight is 402 g/mol. The van der Waals surface area contributed by atoms with E-state index in [0.717, 1.165) is 43.2 Å². The maximum atomic E-state index is 13.0. The molecule has 1 saturated carbocycles. The molecular formula is C22H35N5O2. The molecule has 0 N–H and O–H groups in total. The van der Waals surface area contributed by atoms with Gasteiger partial charge < -0.3 is 14.7 Å². The molecule has 7 nitrogen and oxygen atoms in total. The van der Waals surface area contributed by atoms with Crippen LogP contribution in [0.4, 0.5) is 5.82 Å². The van der Waals surface area contributed by atoms with E-state index in [9.17, 15) is 9.59 Å². The molecule has 1 aromatic heterocycles. The zero-order valence-electron chi connectivity index (χ0n) is 18.4. The molecule has 0 radical (unpaired) electrons. The normalized spacial score (nSPS) is 19.6. The SMILES string of the molecule is CC(=O)N(C)Cc1cc(N(C)C)nc([C@H]2CCCN2C(=O)CCC2CCCC2)n1. The Bertz CT molecular complexity index is 730. The van der Waals surface area contributed by atoms with E-state index in [0.29, 0.717) is 18.8 Å². The summed E-state index contributed by atoms with van der Waals surface area (Å²) in [4.78, 5) is 39.7. The summed E-state index contributed by atoms with van der Waals surface area (Å²) in [5, 5.41) is 0. The first-order valence-corrected chi connectivity index (χ1v) is 10.9. The third-order valence-corrected chi connectivity index (χ3v) is 6.29. The Kier molecular flexibility index (Phi) is 7.09. The summed E-state index contributed by atoms with van der Waals surface area (Å²) >= 11 is 0. The van der Waals surface area contributed by atoms with E-state index in [-0.39, 0.29) is 17.9 Å². The van der Waals surface area contributed by atoms with Crippen LogP contribution in [0.5, 0.6) is 0 Å². The van der Waals surface area contributed by atoms with Crippen LogP contribution in [0.3, 0.4) is 0 Å². The van der Waals surface area contributed by atoms with E-state index in [2.05, 4.69) is 0 Å². The number of hydrogen-bond acceptors (Lipinski definition) is 5. The minimum absolute atomic E-state index is 0.00106. The van der Waals surface area contributed by atoms with Crippen molar-refractivity contribution in [2.24, 2.45) is 5.92 Å². The summed E-state index contributed by atoms with van der Waals surface area (Å²) in [5.74, 6) is 2.48. The highest BCUT2D eigenvalue weighted by Crippen LogP contribution is 2.33. The van der Waals surface area contributed by atoms with Crippen LogP contribution in [0.2, 0.25) is 0 Å². The molecule has 0 aromatic carbocycles. The lowest BCUT2D eigenvalue weighted by molar-refractivity contribution is -0.132. The van der Waals surface area contributed by atoms with Gasteiger partial charge in [-0.15, -0.1) is 0 Å². The van der Waals surface area contributed by atoms with Crippen molar-refractivity contribution in [2.45, 2.75) is 70.9 Å². The van der Waals surface area contributed by atoms with E-state index >= 15 is 0 Å². The zero-order chi connectivity index (χ0) is 21.0. The van der Waals surface area contributed by atoms with Gasteiger partial charge >= 0.3 is 0 Å². The van der Waals surface area contributed by atoms with E-state index < -0.39 is 0 Å². The molecule has 160 valence electrons. The van der Waals surface area contributed by atoms with E-state index in [4.69, 9.17) is 9.97 Å². The number of anilines is 1. The zero-order valence-corrected chi connectivity index (χ0v) is 18.4. The minimum atomic E-state index is -0.0626. The van der Waals surface area contributed by atoms with Crippen molar-refractivity contribution in [1.29, 1.82) is 0 Å². The van der Waals surface area contributed by atoms with Crippen molar-refractivity contribution in [3.63, 3.8) is 0 Å². The Hall–Kier alpha value is -2.18. The lowest BCUT2D eigenvalue weighted by Gasteiger charge is -2.26. The summed E-state index contributed by atoms with van der Waals surface area (Å²) in [6, 6.07) is 1.86. The average Bonchev–Trinajstić information content (AvgIpc) is 3.37. The van der Waals surface area contributed by atoms with Gasteiger partial charge in [0.1, 0.15) is 5.82 Å². The topological polar surface area (TPSA) is 69.6 Å². The third kappa shape index (κ3) is 5.46. The van der Waals surface area contributed by atoms with E-state index in [1.807, 2.05) is 30.0 Å². The van der Waals surface area contributed by atoms with Gasteiger partial charge in [-0.05, 0) is 25.2 Å². The maximum absolute atomic E-state index is 13.0. The Labute approximate surface area is 174 Å². The minimum Gasteiger partial charge on any atom is -0.363 e. The summed E-state index contributed by atoms with van der Waals surface area (Å²) in [6.07, 6.45) is 8.70. The van der Waals surface area contributed by atoms with Crippen LogP contribution in [0.15, 0.2) is 6.07 Å². The second kappa shape index (κ2) is 9.55. The number of aromatic nitrogens is 2. The first kappa shape index (κ1) is 21.5. The largest absolute Gasteiger partial charge is 0.363 e. The molecular weight excluding hydrogens is 366 g/mol. The number of likely N-dealkylation sites (tertiary alicyclic amines) is 1. The molecule has 2 aliphatic rings. The first-order chi connectivity index (χ1) is 13.8. The van der Waals surface area contributed by atoms with Crippen molar-refractivity contribution in [3.05, 3.63) is 17.6 Å². The first-order valence-electron chi connectivity index (χ1n) is 10.9. The number of rotatable bonds is 7. The second-order valence-corrected chi connectivity index (χ2v) is 8.78. The molecule has 3 rings (SSSR count). The number of nitrogens with zero attached hydrogens (tertiary/aromatic N) is 5. The van der Waals surface area contributed by atoms with Gasteiger partial charge in [-0.1, -0.05) is 25.7 Å². The molecule has 29 heavy (non-hydrogen) atoms. The summed E-state index contributed by atoms with van der Waals surface area (Å²) in [6.45, 7) is 2.77. The van der Waals surface area contributed by atoms with E-state index in [1.165, 1.54) is 25.7 Å². The quantitative estimate of drug-likeness (QED) is 0.702. The van der Waals surface area contributed by atoms with Gasteiger partial charge in [0, 0.05) is 47.1 Å². The van der Waals surface area contributed by atoms with Gasteiger partial charge in [-0.3, -0.25) is 9.59 Å². The molecule has 2 amide bonds. The molecule has 0 spiro atoms. The van der Waals surface area contributed by atoms with Crippen molar-refractivity contribution < 1.29 is 9.59 Å². The fourth-order valence-corrected chi connectivity index (χ4v) is 4.42. The fraction of sp³-hybridized carbons (Fsp3) is 0.727. The van der Waals surface area contributed by atoms with Gasteiger partial charge in [-0.25, -0.2) is 9.97 Å². The second-order valence-electron chi connectivity index (χ2n) is 8.78. The smallest absolute Gasteiger partial charge is 0.223 e. The number of hydrogen-bond donors (Lipinski definition) is 0. The lowest BCUT2D eigenvalue weighted by atomic mass is 10.0. The molecule has 1 aromatic rings. The number of carbonyl (C=O) groups excluding carboxylic acids is 2. The maximum Gasteiger partial charge on any atom is 0.223 e. The highest BCUT2D eigenvalue weighted by molar-refractivity contribution is 5.77. The molecule has 0 unspecified atom stereocenters. The molecule has 1 atom stereocenters. The fourth-order valence-electron chi connectivity index (χ4n) is 4.42. The predicted octanol–water partition coefficient (Wildman–Crippen LogP) is 3.15. The Morgan fingerprint density at radius 2 is 1.83 bits per heavy atom. The third-order valence-electron chi connectivity index (χ3n) is 6.29. The van der Waals surface area contributed by atoms with Gasteiger partial charge in [0.05, 0.1) is 18.3 Å². The molecule has 1 aliphatic carbocycles. The Morgan fingerprint density at radius 3 is 2.48 bits per heavy atom. The highest BCUT2D eigenvalue weighted by atomic mass is 16.2. The van der Waals surface area contributed by atoms with Crippen LogP contribution in [0.1, 0.15) is 75.9 Å². The van der Waals surface area contributed by atoms with Crippen LogP contribution in [-0.2, 0) is 16.1 Å². The van der Waals surface area contributed by atoms with Crippen molar-refractivity contribution in [1.82, 2.24) is 19.8 Å². The molecule has 0 bridgehead atoms. The number of amides is 2. The van der Waals surface area contributed by atoms with Gasteiger partial charge in [0.2, 0.25) is 11.8 Å². The monoisotopic (exact) mass is 401 g/mol. The van der Waals surface area contributed by atoms with Crippen LogP contribution in [0.25, 0.3) is 0 Å². The van der Waals surface area contributed by atoms with Crippen molar-refractivity contribution in [2.75, 3.05) is 32.6 Å². The number of carbonyl (C=O) groups is 2. The predicted molar refractivity (Wildman–Crippen MR) is 113 cm³/mol.